The van der Waals surface area contributed by atoms with E-state index in [1.165, 1.54) is 0 Å². The fraction of sp³-hybridized carbons (Fsp3) is 0.467. The molecule has 5 heteroatoms. The highest BCUT2D eigenvalue weighted by Gasteiger charge is 2.13. The highest BCUT2D eigenvalue weighted by atomic mass is 32.2. The van der Waals surface area contributed by atoms with Gasteiger partial charge in [0.1, 0.15) is 0 Å². The van der Waals surface area contributed by atoms with Crippen molar-refractivity contribution in [3.8, 4) is 0 Å². The number of fused-ring (bicyclic) bond motifs is 1. The number of para-hydroxylation sites is 1. The van der Waals surface area contributed by atoms with Gasteiger partial charge in [0, 0.05) is 18.4 Å². The summed E-state index contributed by atoms with van der Waals surface area (Å²) in [4.78, 5) is 17.2. The number of aromatic nitrogens is 2. The second-order valence-corrected chi connectivity index (χ2v) is 5.79. The van der Waals surface area contributed by atoms with Gasteiger partial charge in [-0.05, 0) is 32.9 Å². The van der Waals surface area contributed by atoms with Gasteiger partial charge in [-0.25, -0.2) is 4.98 Å². The van der Waals surface area contributed by atoms with Crippen molar-refractivity contribution in [2.75, 3.05) is 19.0 Å². The summed E-state index contributed by atoms with van der Waals surface area (Å²) in [6.07, 6.45) is 0. The molecule has 4 nitrogen and oxygen atoms in total. The molecule has 0 unspecified atom stereocenters. The number of hydrogen-bond acceptors (Lipinski definition) is 4. The predicted octanol–water partition coefficient (Wildman–Crippen LogP) is 3.11. The molecule has 0 fully saturated rings. The third-order valence-electron chi connectivity index (χ3n) is 2.95. The van der Waals surface area contributed by atoms with Gasteiger partial charge in [-0.3, -0.25) is 9.36 Å². The predicted molar refractivity (Wildman–Crippen MR) is 83.6 cm³/mol. The first-order chi connectivity index (χ1) is 9.65. The molecule has 2 aromatic rings. The van der Waals surface area contributed by atoms with E-state index in [-0.39, 0.29) is 11.6 Å². The van der Waals surface area contributed by atoms with E-state index < -0.39 is 0 Å². The molecule has 0 radical (unpaired) electrons. The number of nitrogens with zero attached hydrogens (tertiary/aromatic N) is 2. The summed E-state index contributed by atoms with van der Waals surface area (Å²) in [5.74, 6) is 0.797. The third-order valence-corrected chi connectivity index (χ3v) is 3.87. The van der Waals surface area contributed by atoms with Gasteiger partial charge in [0.15, 0.2) is 5.16 Å². The van der Waals surface area contributed by atoms with Crippen LogP contribution in [0, 0.1) is 0 Å². The maximum absolute atomic E-state index is 12.6. The van der Waals surface area contributed by atoms with Crippen LogP contribution in [0.2, 0.25) is 0 Å². The first kappa shape index (κ1) is 15.1. The Morgan fingerprint density at radius 1 is 1.35 bits per heavy atom. The minimum absolute atomic E-state index is 0.0320. The fourth-order valence-corrected chi connectivity index (χ4v) is 3.00. The van der Waals surface area contributed by atoms with Crippen LogP contribution in [0.1, 0.15) is 26.8 Å². The van der Waals surface area contributed by atoms with E-state index >= 15 is 0 Å². The van der Waals surface area contributed by atoms with E-state index in [0.717, 1.165) is 16.4 Å². The first-order valence-electron chi connectivity index (χ1n) is 6.87. The summed E-state index contributed by atoms with van der Waals surface area (Å²) in [5.41, 5.74) is 0.790. The average molecular weight is 292 g/mol. The van der Waals surface area contributed by atoms with Gasteiger partial charge in [-0.2, -0.15) is 0 Å². The van der Waals surface area contributed by atoms with Gasteiger partial charge in [0.2, 0.25) is 0 Å². The van der Waals surface area contributed by atoms with Gasteiger partial charge < -0.3 is 4.74 Å². The minimum atomic E-state index is 0.0320. The van der Waals surface area contributed by atoms with Crippen LogP contribution in [0.4, 0.5) is 0 Å². The summed E-state index contributed by atoms with van der Waals surface area (Å²) in [7, 11) is 0. The Balaban J connectivity index is 2.41. The number of hydrogen-bond donors (Lipinski definition) is 0. The standard InChI is InChI=1S/C15H20N2O2S/c1-4-19-9-10-20-15-16-13-8-6-5-7-12(13)14(18)17(15)11(2)3/h5-8,11H,4,9-10H2,1-3H3. The lowest BCUT2D eigenvalue weighted by atomic mass is 10.2. The molecule has 0 atom stereocenters. The number of thioether (sulfide) groups is 1. The van der Waals surface area contributed by atoms with E-state index in [2.05, 4.69) is 4.98 Å². The Kier molecular flexibility index (Phi) is 5.20. The van der Waals surface area contributed by atoms with Crippen LogP contribution in [-0.4, -0.2) is 28.5 Å². The lowest BCUT2D eigenvalue weighted by Crippen LogP contribution is -2.25. The van der Waals surface area contributed by atoms with E-state index in [9.17, 15) is 4.79 Å². The molecule has 0 aliphatic rings. The van der Waals surface area contributed by atoms with Crippen molar-refractivity contribution in [1.82, 2.24) is 9.55 Å². The van der Waals surface area contributed by atoms with Crippen LogP contribution in [-0.2, 0) is 4.74 Å². The summed E-state index contributed by atoms with van der Waals surface area (Å²) >= 11 is 1.57. The number of benzene rings is 1. The summed E-state index contributed by atoms with van der Waals surface area (Å²) in [6, 6.07) is 7.59. The number of ether oxygens (including phenoxy) is 1. The summed E-state index contributed by atoms with van der Waals surface area (Å²) < 4.78 is 7.10. The van der Waals surface area contributed by atoms with Crippen LogP contribution in [0.15, 0.2) is 34.2 Å². The van der Waals surface area contributed by atoms with Crippen molar-refractivity contribution in [3.63, 3.8) is 0 Å². The highest BCUT2D eigenvalue weighted by molar-refractivity contribution is 7.99. The molecule has 108 valence electrons. The zero-order chi connectivity index (χ0) is 14.5. The van der Waals surface area contributed by atoms with Crippen molar-refractivity contribution in [1.29, 1.82) is 0 Å². The second-order valence-electron chi connectivity index (χ2n) is 4.73. The van der Waals surface area contributed by atoms with E-state index in [0.29, 0.717) is 18.6 Å². The zero-order valence-corrected chi connectivity index (χ0v) is 12.9. The van der Waals surface area contributed by atoms with Crippen LogP contribution < -0.4 is 5.56 Å². The van der Waals surface area contributed by atoms with E-state index in [4.69, 9.17) is 4.74 Å². The van der Waals surface area contributed by atoms with Gasteiger partial charge in [-0.1, -0.05) is 23.9 Å². The molecule has 0 N–H and O–H groups in total. The maximum Gasteiger partial charge on any atom is 0.262 e. The largest absolute Gasteiger partial charge is 0.381 e. The molecule has 1 heterocycles. The fourth-order valence-electron chi connectivity index (χ4n) is 2.02. The molecular formula is C15H20N2O2S. The van der Waals surface area contributed by atoms with Gasteiger partial charge in [0.05, 0.1) is 17.5 Å². The van der Waals surface area contributed by atoms with Gasteiger partial charge >= 0.3 is 0 Å². The Labute approximate surface area is 123 Å². The molecule has 0 amide bonds. The molecule has 1 aromatic heterocycles. The van der Waals surface area contributed by atoms with E-state index in [1.807, 2.05) is 45.0 Å². The molecule has 0 aliphatic heterocycles. The first-order valence-corrected chi connectivity index (χ1v) is 7.85. The van der Waals surface area contributed by atoms with Crippen molar-refractivity contribution < 1.29 is 4.74 Å². The van der Waals surface area contributed by atoms with Crippen molar-refractivity contribution in [3.05, 3.63) is 34.6 Å². The van der Waals surface area contributed by atoms with Crippen LogP contribution in [0.25, 0.3) is 10.9 Å². The minimum Gasteiger partial charge on any atom is -0.381 e. The molecule has 1 aromatic carbocycles. The molecular weight excluding hydrogens is 272 g/mol. The summed E-state index contributed by atoms with van der Waals surface area (Å²) in [6.45, 7) is 7.36. The Bertz CT molecular complexity index is 637. The molecule has 0 bridgehead atoms. The second kappa shape index (κ2) is 6.90. The average Bonchev–Trinajstić information content (AvgIpc) is 2.43. The molecule has 2 rings (SSSR count). The molecule has 0 aliphatic carbocycles. The van der Waals surface area contributed by atoms with Crippen LogP contribution >= 0.6 is 11.8 Å². The van der Waals surface area contributed by atoms with Gasteiger partial charge in [-0.15, -0.1) is 0 Å². The molecule has 0 spiro atoms. The SMILES string of the molecule is CCOCCSc1nc2ccccc2c(=O)n1C(C)C. The lowest BCUT2D eigenvalue weighted by molar-refractivity contribution is 0.164. The van der Waals surface area contributed by atoms with Crippen molar-refractivity contribution in [2.45, 2.75) is 32.0 Å². The van der Waals surface area contributed by atoms with Crippen molar-refractivity contribution in [2.24, 2.45) is 0 Å². The Morgan fingerprint density at radius 3 is 2.80 bits per heavy atom. The zero-order valence-electron chi connectivity index (χ0n) is 12.1. The molecule has 0 saturated carbocycles. The highest BCUT2D eigenvalue weighted by Crippen LogP contribution is 2.20. The van der Waals surface area contributed by atoms with Gasteiger partial charge in [0.25, 0.3) is 5.56 Å². The molecule has 0 saturated heterocycles. The Morgan fingerprint density at radius 2 is 2.10 bits per heavy atom. The third kappa shape index (κ3) is 3.22. The maximum atomic E-state index is 12.6. The Hall–Kier alpha value is -1.33. The quantitative estimate of drug-likeness (QED) is 0.466. The smallest absolute Gasteiger partial charge is 0.262 e. The van der Waals surface area contributed by atoms with Crippen LogP contribution in [0.3, 0.4) is 0 Å². The molecule has 20 heavy (non-hydrogen) atoms. The number of rotatable bonds is 6. The van der Waals surface area contributed by atoms with Crippen molar-refractivity contribution >= 4 is 22.7 Å². The van der Waals surface area contributed by atoms with Crippen LogP contribution in [0.5, 0.6) is 0 Å². The summed E-state index contributed by atoms with van der Waals surface area (Å²) in [5, 5.41) is 1.44. The van der Waals surface area contributed by atoms with E-state index in [1.54, 1.807) is 16.3 Å². The lowest BCUT2D eigenvalue weighted by Gasteiger charge is -2.16. The topological polar surface area (TPSA) is 44.1 Å². The normalized spacial score (nSPS) is 11.4. The monoisotopic (exact) mass is 292 g/mol.